The van der Waals surface area contributed by atoms with Crippen LogP contribution in [0.5, 0.6) is 0 Å². The number of aromatic nitrogens is 5. The van der Waals surface area contributed by atoms with E-state index in [1.54, 1.807) is 12.4 Å². The Morgan fingerprint density at radius 1 is 1.36 bits per heavy atom. The molecule has 0 aliphatic carbocycles. The normalized spacial score (nSPS) is 13.5. The van der Waals surface area contributed by atoms with Crippen molar-refractivity contribution in [2.75, 3.05) is 6.54 Å². The summed E-state index contributed by atoms with van der Waals surface area (Å²) < 4.78 is 1.91. The quantitative estimate of drug-likeness (QED) is 0.656. The molecule has 0 radical (unpaired) electrons. The molecule has 1 aliphatic heterocycles. The summed E-state index contributed by atoms with van der Waals surface area (Å²) in [5.41, 5.74) is 3.41. The molecule has 25 heavy (non-hydrogen) atoms. The largest absolute Gasteiger partial charge is 0.346 e. The first-order chi connectivity index (χ1) is 12.2. The van der Waals surface area contributed by atoms with Crippen LogP contribution in [-0.2, 0) is 19.5 Å². The Morgan fingerprint density at radius 2 is 2.28 bits per heavy atom. The van der Waals surface area contributed by atoms with Gasteiger partial charge in [0.1, 0.15) is 11.6 Å². The molecule has 0 unspecified atom stereocenters. The molecule has 3 N–H and O–H groups in total. The molecular formula is C17H19N7O. The molecule has 1 amide bonds. The zero-order valence-corrected chi connectivity index (χ0v) is 13.9. The third-order valence-corrected chi connectivity index (χ3v) is 4.36. The number of hydrogen-bond donors (Lipinski definition) is 3. The number of H-pyrrole nitrogens is 1. The molecule has 8 heteroatoms. The fraction of sp³-hybridized carbons (Fsp3) is 0.294. The first-order valence-electron chi connectivity index (χ1n) is 8.22. The number of aromatic amines is 1. The molecule has 0 saturated heterocycles. The van der Waals surface area contributed by atoms with E-state index in [0.717, 1.165) is 41.4 Å². The number of pyridine rings is 1. The highest BCUT2D eigenvalue weighted by molar-refractivity contribution is 5.94. The number of hydrogen-bond acceptors (Lipinski definition) is 5. The van der Waals surface area contributed by atoms with Crippen LogP contribution < -0.4 is 10.6 Å². The monoisotopic (exact) mass is 337 g/mol. The molecule has 0 bridgehead atoms. The van der Waals surface area contributed by atoms with E-state index >= 15 is 0 Å². The van der Waals surface area contributed by atoms with Gasteiger partial charge in [-0.3, -0.25) is 14.5 Å². The van der Waals surface area contributed by atoms with Crippen molar-refractivity contribution in [3.8, 4) is 5.82 Å². The molecule has 3 aromatic heterocycles. The second kappa shape index (κ2) is 6.48. The lowest BCUT2D eigenvalue weighted by Crippen LogP contribution is -2.28. The number of carbonyl (C=O) groups excluding carboxylic acids is 1. The lowest BCUT2D eigenvalue weighted by atomic mass is 10.1. The van der Waals surface area contributed by atoms with Crippen LogP contribution in [0.4, 0.5) is 0 Å². The smallest absolute Gasteiger partial charge is 0.272 e. The maximum atomic E-state index is 12.4. The van der Waals surface area contributed by atoms with E-state index in [9.17, 15) is 4.79 Å². The first-order valence-corrected chi connectivity index (χ1v) is 8.22. The summed E-state index contributed by atoms with van der Waals surface area (Å²) in [7, 11) is 0. The average Bonchev–Trinajstić information content (AvgIpc) is 3.26. The summed E-state index contributed by atoms with van der Waals surface area (Å²) in [6.45, 7) is 3.92. The summed E-state index contributed by atoms with van der Waals surface area (Å²) in [6.07, 6.45) is 6.24. The van der Waals surface area contributed by atoms with Crippen molar-refractivity contribution in [3.63, 3.8) is 0 Å². The van der Waals surface area contributed by atoms with E-state index < -0.39 is 0 Å². The van der Waals surface area contributed by atoms with E-state index in [1.165, 1.54) is 0 Å². The minimum atomic E-state index is -0.171. The van der Waals surface area contributed by atoms with Gasteiger partial charge in [0.05, 0.1) is 0 Å². The molecular weight excluding hydrogens is 318 g/mol. The number of aryl methyl sites for hydroxylation is 1. The predicted molar refractivity (Wildman–Crippen MR) is 91.3 cm³/mol. The Bertz CT molecular complexity index is 894. The van der Waals surface area contributed by atoms with Gasteiger partial charge in [-0.05, 0) is 18.6 Å². The van der Waals surface area contributed by atoms with Gasteiger partial charge in [-0.15, -0.1) is 0 Å². The van der Waals surface area contributed by atoms with Gasteiger partial charge in [-0.2, -0.15) is 5.10 Å². The van der Waals surface area contributed by atoms with E-state index in [4.69, 9.17) is 0 Å². The number of nitrogens with zero attached hydrogens (tertiary/aromatic N) is 4. The van der Waals surface area contributed by atoms with Crippen LogP contribution in [0.25, 0.3) is 5.82 Å². The van der Waals surface area contributed by atoms with Crippen LogP contribution in [0.3, 0.4) is 0 Å². The Hall–Kier alpha value is -3.00. The summed E-state index contributed by atoms with van der Waals surface area (Å²) >= 11 is 0. The van der Waals surface area contributed by atoms with Gasteiger partial charge in [0.2, 0.25) is 0 Å². The summed E-state index contributed by atoms with van der Waals surface area (Å²) in [4.78, 5) is 21.0. The number of carbonyl (C=O) groups is 1. The molecule has 8 nitrogen and oxygen atoms in total. The van der Waals surface area contributed by atoms with Crippen molar-refractivity contribution in [3.05, 3.63) is 59.1 Å². The van der Waals surface area contributed by atoms with Crippen LogP contribution in [0.2, 0.25) is 0 Å². The summed E-state index contributed by atoms with van der Waals surface area (Å²) in [5, 5.41) is 13.3. The molecule has 0 spiro atoms. The highest BCUT2D eigenvalue weighted by atomic mass is 16.1. The third kappa shape index (κ3) is 3.03. The third-order valence-electron chi connectivity index (χ3n) is 4.36. The molecule has 3 aromatic rings. The van der Waals surface area contributed by atoms with Gasteiger partial charge in [-0.1, -0.05) is 6.07 Å². The van der Waals surface area contributed by atoms with Gasteiger partial charge in [0.15, 0.2) is 5.69 Å². The van der Waals surface area contributed by atoms with Crippen LogP contribution in [0.1, 0.15) is 33.1 Å². The molecule has 1 aliphatic rings. The van der Waals surface area contributed by atoms with Gasteiger partial charge < -0.3 is 10.6 Å². The highest BCUT2D eigenvalue weighted by Gasteiger charge is 2.21. The van der Waals surface area contributed by atoms with E-state index in [1.807, 2.05) is 29.8 Å². The van der Waals surface area contributed by atoms with Crippen molar-refractivity contribution in [2.24, 2.45) is 0 Å². The Labute approximate surface area is 144 Å². The van der Waals surface area contributed by atoms with Gasteiger partial charge >= 0.3 is 0 Å². The zero-order valence-electron chi connectivity index (χ0n) is 13.9. The maximum Gasteiger partial charge on any atom is 0.272 e. The van der Waals surface area contributed by atoms with E-state index in [2.05, 4.69) is 30.8 Å². The molecule has 0 saturated carbocycles. The topological polar surface area (TPSA) is 101 Å². The van der Waals surface area contributed by atoms with Crippen molar-refractivity contribution in [2.45, 2.75) is 26.4 Å². The number of imidazole rings is 1. The lowest BCUT2D eigenvalue weighted by molar-refractivity contribution is 0.0944. The Morgan fingerprint density at radius 3 is 3.04 bits per heavy atom. The molecule has 0 fully saturated rings. The second-order valence-corrected chi connectivity index (χ2v) is 6.01. The highest BCUT2D eigenvalue weighted by Crippen LogP contribution is 2.15. The second-order valence-electron chi connectivity index (χ2n) is 6.01. The van der Waals surface area contributed by atoms with Crippen LogP contribution in [0.15, 0.2) is 30.7 Å². The SMILES string of the molecule is Cc1nccn1-c1ccc(CNC(=O)c2n[nH]c3c2CNCC3)cn1. The fourth-order valence-corrected chi connectivity index (χ4v) is 2.96. The van der Waals surface area contributed by atoms with Crippen molar-refractivity contribution in [1.29, 1.82) is 0 Å². The Kier molecular flexibility index (Phi) is 4.02. The van der Waals surface area contributed by atoms with Gasteiger partial charge in [0.25, 0.3) is 5.91 Å². The lowest BCUT2D eigenvalue weighted by Gasteiger charge is -2.13. The standard InChI is InChI=1S/C17H19N7O/c1-11-19-6-7-24(11)15-3-2-12(8-20-15)9-21-17(25)16-13-10-18-5-4-14(13)22-23-16/h2-3,6-8,18H,4-5,9-10H2,1H3,(H,21,25)(H,22,23). The predicted octanol–water partition coefficient (Wildman–Crippen LogP) is 0.875. The van der Waals surface area contributed by atoms with Crippen molar-refractivity contribution < 1.29 is 4.79 Å². The first kappa shape index (κ1) is 15.5. The molecule has 0 atom stereocenters. The number of fused-ring (bicyclic) bond motifs is 1. The zero-order chi connectivity index (χ0) is 17.2. The fourth-order valence-electron chi connectivity index (χ4n) is 2.96. The van der Waals surface area contributed by atoms with E-state index in [-0.39, 0.29) is 5.91 Å². The Balaban J connectivity index is 1.42. The molecule has 128 valence electrons. The van der Waals surface area contributed by atoms with Crippen LogP contribution in [0, 0.1) is 6.92 Å². The van der Waals surface area contributed by atoms with Crippen molar-refractivity contribution >= 4 is 5.91 Å². The maximum absolute atomic E-state index is 12.4. The van der Waals surface area contributed by atoms with Gasteiger partial charge in [-0.25, -0.2) is 9.97 Å². The minimum absolute atomic E-state index is 0.171. The number of nitrogens with one attached hydrogen (secondary N) is 3. The van der Waals surface area contributed by atoms with Crippen LogP contribution >= 0.6 is 0 Å². The average molecular weight is 337 g/mol. The van der Waals surface area contributed by atoms with E-state index in [0.29, 0.717) is 18.8 Å². The van der Waals surface area contributed by atoms with Crippen LogP contribution in [-0.4, -0.2) is 37.2 Å². The summed E-state index contributed by atoms with van der Waals surface area (Å²) in [5.74, 6) is 1.51. The van der Waals surface area contributed by atoms with Gasteiger partial charge in [0, 0.05) is 55.9 Å². The summed E-state index contributed by atoms with van der Waals surface area (Å²) in [6, 6.07) is 3.86. The molecule has 0 aromatic carbocycles. The minimum Gasteiger partial charge on any atom is -0.346 e. The van der Waals surface area contributed by atoms with Crippen molar-refractivity contribution in [1.82, 2.24) is 35.4 Å². The number of amides is 1. The number of rotatable bonds is 4. The molecule has 4 rings (SSSR count). The molecule has 4 heterocycles.